The summed E-state index contributed by atoms with van der Waals surface area (Å²) in [5.74, 6) is 2.74. The molecule has 0 aromatic rings. The van der Waals surface area contributed by atoms with Crippen molar-refractivity contribution >= 4 is 0 Å². The largest absolute Gasteiger partial charge is 0.391 e. The number of nitrogens with two attached hydrogens (primary N) is 2. The maximum absolute atomic E-state index is 10.2. The van der Waals surface area contributed by atoms with Gasteiger partial charge in [-0.2, -0.15) is 0 Å². The molecule has 0 radical (unpaired) electrons. The van der Waals surface area contributed by atoms with E-state index in [1.807, 2.05) is 0 Å². The molecular weight excluding hydrogens is 276 g/mol. The molecule has 2 rings (SSSR count). The molecule has 2 saturated carbocycles. The van der Waals surface area contributed by atoms with Gasteiger partial charge in [-0.15, -0.1) is 0 Å². The third kappa shape index (κ3) is 3.08. The van der Waals surface area contributed by atoms with Gasteiger partial charge in [0.25, 0.3) is 0 Å². The Hall–Kier alpha value is -0.160. The Morgan fingerprint density at radius 2 is 1.09 bits per heavy atom. The van der Waals surface area contributed by atoms with Gasteiger partial charge in [0.05, 0.1) is 12.2 Å². The van der Waals surface area contributed by atoms with E-state index < -0.39 is 0 Å². The lowest BCUT2D eigenvalue weighted by Gasteiger charge is -2.50. The highest BCUT2D eigenvalue weighted by molar-refractivity contribution is 4.98. The Morgan fingerprint density at radius 1 is 0.773 bits per heavy atom. The number of hydrogen-bond donors (Lipinski definition) is 4. The Bertz CT molecular complexity index is 344. The van der Waals surface area contributed by atoms with Crippen molar-refractivity contribution in [2.45, 2.75) is 71.8 Å². The van der Waals surface area contributed by atoms with E-state index in [0.29, 0.717) is 29.6 Å². The molecule has 0 aromatic carbocycles. The Kier molecular flexibility index (Phi) is 5.59. The van der Waals surface area contributed by atoms with E-state index in [1.54, 1.807) is 0 Å². The molecule has 0 bridgehead atoms. The minimum Gasteiger partial charge on any atom is -0.391 e. The second-order valence-electron chi connectivity index (χ2n) is 8.47. The quantitative estimate of drug-likeness (QED) is 0.623. The van der Waals surface area contributed by atoms with Crippen LogP contribution in [0.3, 0.4) is 0 Å². The van der Waals surface area contributed by atoms with Gasteiger partial charge in [-0.1, -0.05) is 34.6 Å². The van der Waals surface area contributed by atoms with Crippen molar-refractivity contribution in [3.05, 3.63) is 0 Å². The van der Waals surface area contributed by atoms with Crippen molar-refractivity contribution in [2.75, 3.05) is 0 Å². The van der Waals surface area contributed by atoms with E-state index >= 15 is 0 Å². The highest BCUT2D eigenvalue weighted by Crippen LogP contribution is 2.46. The normalized spacial score (nSPS) is 55.0. The third-order valence-corrected chi connectivity index (χ3v) is 7.16. The summed E-state index contributed by atoms with van der Waals surface area (Å²) in [4.78, 5) is 0. The number of rotatable bonds is 2. The summed E-state index contributed by atoms with van der Waals surface area (Å²) in [6.07, 6.45) is 1.30. The predicted molar refractivity (Wildman–Crippen MR) is 90.0 cm³/mol. The summed E-state index contributed by atoms with van der Waals surface area (Å²) in [6, 6.07) is -0.265. The summed E-state index contributed by atoms with van der Waals surface area (Å²) in [7, 11) is 0. The number of aliphatic hydroxyl groups is 2. The van der Waals surface area contributed by atoms with E-state index in [4.69, 9.17) is 11.5 Å². The predicted octanol–water partition coefficient (Wildman–Crippen LogP) is 1.58. The van der Waals surface area contributed by atoms with Crippen LogP contribution >= 0.6 is 0 Å². The van der Waals surface area contributed by atoms with Crippen LogP contribution in [0.4, 0.5) is 0 Å². The minimum absolute atomic E-state index is 0.133. The molecule has 2 aliphatic carbocycles. The molecule has 4 heteroatoms. The average Bonchev–Trinajstić information content (AvgIpc) is 2.49. The lowest BCUT2D eigenvalue weighted by Crippen LogP contribution is -2.56. The van der Waals surface area contributed by atoms with Crippen molar-refractivity contribution < 1.29 is 10.2 Å². The highest BCUT2D eigenvalue weighted by Gasteiger charge is 2.46. The van der Waals surface area contributed by atoms with Gasteiger partial charge in [-0.05, 0) is 54.3 Å². The first kappa shape index (κ1) is 18.2. The van der Waals surface area contributed by atoms with Crippen LogP contribution in [-0.2, 0) is 0 Å². The molecule has 0 amide bonds. The SMILES string of the molecule is CC1CC(C(C)C2CC(C)C(O)C(N)C2C)C(C)C(N)C1O. The zero-order valence-electron chi connectivity index (χ0n) is 14.8. The van der Waals surface area contributed by atoms with E-state index in [2.05, 4.69) is 34.6 Å². The maximum atomic E-state index is 10.2. The van der Waals surface area contributed by atoms with Crippen molar-refractivity contribution in [1.82, 2.24) is 0 Å². The molecule has 10 unspecified atom stereocenters. The molecule has 2 aliphatic rings. The smallest absolute Gasteiger partial charge is 0.0719 e. The fourth-order valence-electron chi connectivity index (χ4n) is 5.22. The molecule has 0 aliphatic heterocycles. The first-order chi connectivity index (χ1) is 10.2. The zero-order valence-corrected chi connectivity index (χ0v) is 14.8. The Labute approximate surface area is 135 Å². The van der Waals surface area contributed by atoms with Gasteiger partial charge in [-0.25, -0.2) is 0 Å². The fraction of sp³-hybridized carbons (Fsp3) is 1.00. The lowest BCUT2D eigenvalue weighted by molar-refractivity contribution is -0.0512. The van der Waals surface area contributed by atoms with Crippen LogP contribution in [0.15, 0.2) is 0 Å². The topological polar surface area (TPSA) is 92.5 Å². The van der Waals surface area contributed by atoms with Crippen molar-refractivity contribution in [2.24, 2.45) is 52.9 Å². The monoisotopic (exact) mass is 312 g/mol. The molecule has 10 atom stereocenters. The fourth-order valence-corrected chi connectivity index (χ4v) is 5.22. The molecule has 2 fully saturated rings. The van der Waals surface area contributed by atoms with Crippen LogP contribution in [0, 0.1) is 41.4 Å². The highest BCUT2D eigenvalue weighted by atomic mass is 16.3. The first-order valence-electron chi connectivity index (χ1n) is 9.04. The minimum atomic E-state index is -0.384. The van der Waals surface area contributed by atoms with Gasteiger partial charge >= 0.3 is 0 Å². The molecular formula is C18H36N2O2. The summed E-state index contributed by atoms with van der Waals surface area (Å²) < 4.78 is 0. The Balaban J connectivity index is 2.14. The molecule has 6 N–H and O–H groups in total. The average molecular weight is 312 g/mol. The van der Waals surface area contributed by atoms with Crippen molar-refractivity contribution in [3.63, 3.8) is 0 Å². The van der Waals surface area contributed by atoms with Gasteiger partial charge in [0, 0.05) is 12.1 Å². The van der Waals surface area contributed by atoms with E-state index in [1.165, 1.54) is 0 Å². The van der Waals surface area contributed by atoms with Gasteiger partial charge in [-0.3, -0.25) is 0 Å². The van der Waals surface area contributed by atoms with Crippen LogP contribution in [0.2, 0.25) is 0 Å². The van der Waals surface area contributed by atoms with Crippen LogP contribution in [0.25, 0.3) is 0 Å². The molecule has 4 nitrogen and oxygen atoms in total. The van der Waals surface area contributed by atoms with Crippen LogP contribution < -0.4 is 11.5 Å². The van der Waals surface area contributed by atoms with Gasteiger partial charge < -0.3 is 21.7 Å². The van der Waals surface area contributed by atoms with Gasteiger partial charge in [0.2, 0.25) is 0 Å². The summed E-state index contributed by atoms with van der Waals surface area (Å²) >= 11 is 0. The van der Waals surface area contributed by atoms with Gasteiger partial charge in [0.15, 0.2) is 0 Å². The van der Waals surface area contributed by atoms with E-state index in [-0.39, 0.29) is 36.1 Å². The van der Waals surface area contributed by atoms with Crippen LogP contribution in [0.5, 0.6) is 0 Å². The molecule has 0 heterocycles. The number of aliphatic hydroxyl groups excluding tert-OH is 2. The van der Waals surface area contributed by atoms with Gasteiger partial charge in [0.1, 0.15) is 0 Å². The summed E-state index contributed by atoms with van der Waals surface area (Å²) in [5, 5.41) is 20.4. The summed E-state index contributed by atoms with van der Waals surface area (Å²) in [6.45, 7) is 10.9. The molecule has 130 valence electrons. The molecule has 22 heavy (non-hydrogen) atoms. The third-order valence-electron chi connectivity index (χ3n) is 7.16. The number of hydrogen-bond acceptors (Lipinski definition) is 4. The Morgan fingerprint density at radius 3 is 1.41 bits per heavy atom. The standard InChI is InChI=1S/C18H36N2O2/c1-8-6-13(11(4)15(19)17(8)21)10(3)14-7-9(2)18(22)16(20)12(14)5/h8-18,21-22H,6-7,19-20H2,1-5H3. The second-order valence-corrected chi connectivity index (χ2v) is 8.47. The second kappa shape index (κ2) is 6.76. The summed E-state index contributed by atoms with van der Waals surface area (Å²) in [5.41, 5.74) is 12.5. The van der Waals surface area contributed by atoms with E-state index in [9.17, 15) is 10.2 Å². The molecule has 0 spiro atoms. The van der Waals surface area contributed by atoms with E-state index in [0.717, 1.165) is 12.8 Å². The van der Waals surface area contributed by atoms with Crippen molar-refractivity contribution in [1.29, 1.82) is 0 Å². The first-order valence-corrected chi connectivity index (χ1v) is 9.04. The maximum Gasteiger partial charge on any atom is 0.0719 e. The van der Waals surface area contributed by atoms with Crippen LogP contribution in [-0.4, -0.2) is 34.5 Å². The molecule has 0 aromatic heterocycles. The van der Waals surface area contributed by atoms with Crippen LogP contribution in [0.1, 0.15) is 47.5 Å². The molecule has 0 saturated heterocycles. The van der Waals surface area contributed by atoms with Crippen molar-refractivity contribution in [3.8, 4) is 0 Å². The lowest BCUT2D eigenvalue weighted by atomic mass is 9.58. The zero-order chi connectivity index (χ0) is 16.8.